The lowest BCUT2D eigenvalue weighted by Gasteiger charge is -2.21. The van der Waals surface area contributed by atoms with E-state index < -0.39 is 0 Å². The third-order valence-electron chi connectivity index (χ3n) is 4.07. The van der Waals surface area contributed by atoms with E-state index in [1.165, 1.54) is 16.3 Å². The van der Waals surface area contributed by atoms with Crippen LogP contribution in [0.4, 0.5) is 0 Å². The average Bonchev–Trinajstić information content (AvgIpc) is 2.55. The van der Waals surface area contributed by atoms with E-state index in [1.54, 1.807) is 0 Å². The van der Waals surface area contributed by atoms with E-state index >= 15 is 0 Å². The monoisotopic (exact) mass is 299 g/mol. The van der Waals surface area contributed by atoms with Gasteiger partial charge >= 0.3 is 0 Å². The summed E-state index contributed by atoms with van der Waals surface area (Å²) < 4.78 is 0. The van der Waals surface area contributed by atoms with Crippen LogP contribution in [0.15, 0.2) is 36.4 Å². The second kappa shape index (κ2) is 6.63. The zero-order chi connectivity index (χ0) is 14.7. The first-order valence-corrected chi connectivity index (χ1v) is 8.77. The molecule has 3 rings (SSSR count). The molecule has 1 N–H and O–H groups in total. The molecule has 2 aromatic rings. The number of ketones is 1. The Balaban J connectivity index is 1.76. The molecule has 1 fully saturated rings. The van der Waals surface area contributed by atoms with Gasteiger partial charge in [0.1, 0.15) is 0 Å². The smallest absolute Gasteiger partial charge is 0.154 e. The second-order valence-electron chi connectivity index (χ2n) is 5.59. The van der Waals surface area contributed by atoms with E-state index in [-0.39, 0.29) is 6.04 Å². The van der Waals surface area contributed by atoms with Gasteiger partial charge in [0.05, 0.1) is 6.04 Å². The van der Waals surface area contributed by atoms with Crippen molar-refractivity contribution < 1.29 is 4.79 Å². The largest absolute Gasteiger partial charge is 0.306 e. The lowest BCUT2D eigenvalue weighted by molar-refractivity contribution is -0.119. The van der Waals surface area contributed by atoms with Crippen LogP contribution >= 0.6 is 11.8 Å². The molecule has 21 heavy (non-hydrogen) atoms. The Labute approximate surface area is 130 Å². The SMILES string of the molecule is CCc1ccc2cc(CC(=O)C3CSCCN3)ccc2c1. The normalized spacial score (nSPS) is 18.8. The van der Waals surface area contributed by atoms with Crippen LogP contribution in [0, 0.1) is 0 Å². The molecule has 110 valence electrons. The van der Waals surface area contributed by atoms with E-state index in [0.29, 0.717) is 12.2 Å². The highest BCUT2D eigenvalue weighted by atomic mass is 32.2. The van der Waals surface area contributed by atoms with Crippen LogP contribution in [0.5, 0.6) is 0 Å². The number of thioether (sulfide) groups is 1. The molecule has 0 spiro atoms. The van der Waals surface area contributed by atoms with Crippen molar-refractivity contribution >= 4 is 28.3 Å². The van der Waals surface area contributed by atoms with Crippen molar-refractivity contribution in [3.8, 4) is 0 Å². The highest BCUT2D eigenvalue weighted by Gasteiger charge is 2.20. The van der Waals surface area contributed by atoms with Crippen molar-refractivity contribution in [3.05, 3.63) is 47.5 Å². The summed E-state index contributed by atoms with van der Waals surface area (Å²) in [4.78, 5) is 12.3. The fraction of sp³-hybridized carbons (Fsp3) is 0.389. The third-order valence-corrected chi connectivity index (χ3v) is 5.13. The van der Waals surface area contributed by atoms with Crippen LogP contribution in [0.2, 0.25) is 0 Å². The van der Waals surface area contributed by atoms with Crippen molar-refractivity contribution in [1.82, 2.24) is 5.32 Å². The van der Waals surface area contributed by atoms with Gasteiger partial charge in [0.25, 0.3) is 0 Å². The minimum Gasteiger partial charge on any atom is -0.306 e. The molecule has 1 aliphatic rings. The third kappa shape index (κ3) is 3.47. The molecule has 0 bridgehead atoms. The van der Waals surface area contributed by atoms with E-state index in [4.69, 9.17) is 0 Å². The maximum absolute atomic E-state index is 12.3. The summed E-state index contributed by atoms with van der Waals surface area (Å²) in [6.45, 7) is 3.11. The minimum atomic E-state index is 0.0296. The molecule has 1 atom stereocenters. The van der Waals surface area contributed by atoms with Gasteiger partial charge in [-0.25, -0.2) is 0 Å². The Bertz CT molecular complexity index is 647. The van der Waals surface area contributed by atoms with E-state index in [1.807, 2.05) is 11.8 Å². The van der Waals surface area contributed by atoms with E-state index in [9.17, 15) is 4.79 Å². The maximum Gasteiger partial charge on any atom is 0.154 e. The van der Waals surface area contributed by atoms with Crippen molar-refractivity contribution in [2.24, 2.45) is 0 Å². The van der Waals surface area contributed by atoms with Crippen LogP contribution in [0.3, 0.4) is 0 Å². The molecule has 0 amide bonds. The molecule has 1 unspecified atom stereocenters. The molecule has 2 nitrogen and oxygen atoms in total. The zero-order valence-corrected chi connectivity index (χ0v) is 13.2. The van der Waals surface area contributed by atoms with Gasteiger partial charge in [-0.2, -0.15) is 11.8 Å². The van der Waals surface area contributed by atoms with Crippen LogP contribution in [0.1, 0.15) is 18.1 Å². The summed E-state index contributed by atoms with van der Waals surface area (Å²) in [7, 11) is 0. The topological polar surface area (TPSA) is 29.1 Å². The Morgan fingerprint density at radius 3 is 2.57 bits per heavy atom. The highest BCUT2D eigenvalue weighted by molar-refractivity contribution is 7.99. The van der Waals surface area contributed by atoms with Crippen molar-refractivity contribution in [1.29, 1.82) is 0 Å². The van der Waals surface area contributed by atoms with Crippen molar-refractivity contribution in [2.45, 2.75) is 25.8 Å². The summed E-state index contributed by atoms with van der Waals surface area (Å²) in [5, 5.41) is 5.81. The molecule has 0 saturated carbocycles. The van der Waals surface area contributed by atoms with Crippen LogP contribution in [-0.4, -0.2) is 29.9 Å². The number of hydrogen-bond acceptors (Lipinski definition) is 3. The first kappa shape index (κ1) is 14.6. The first-order valence-electron chi connectivity index (χ1n) is 7.61. The Kier molecular flexibility index (Phi) is 4.61. The Hall–Kier alpha value is -1.32. The lowest BCUT2D eigenvalue weighted by Crippen LogP contribution is -2.44. The number of benzene rings is 2. The van der Waals surface area contributed by atoms with Gasteiger partial charge in [-0.15, -0.1) is 0 Å². The van der Waals surface area contributed by atoms with Gasteiger partial charge in [-0.3, -0.25) is 4.79 Å². The lowest BCUT2D eigenvalue weighted by atomic mass is 9.99. The van der Waals surface area contributed by atoms with Gasteiger partial charge in [-0.1, -0.05) is 43.3 Å². The fourth-order valence-corrected chi connectivity index (χ4v) is 3.74. The quantitative estimate of drug-likeness (QED) is 0.940. The fourth-order valence-electron chi connectivity index (χ4n) is 2.77. The molecule has 0 radical (unpaired) electrons. The Morgan fingerprint density at radius 1 is 1.19 bits per heavy atom. The molecule has 1 aliphatic heterocycles. The van der Waals surface area contributed by atoms with Gasteiger partial charge in [-0.05, 0) is 28.3 Å². The summed E-state index contributed by atoms with van der Waals surface area (Å²) in [5.74, 6) is 2.33. The number of aryl methyl sites for hydroxylation is 1. The molecular formula is C18H21NOS. The van der Waals surface area contributed by atoms with Crippen LogP contribution in [-0.2, 0) is 17.6 Å². The van der Waals surface area contributed by atoms with Crippen LogP contribution in [0.25, 0.3) is 10.8 Å². The van der Waals surface area contributed by atoms with Gasteiger partial charge < -0.3 is 5.32 Å². The molecular weight excluding hydrogens is 278 g/mol. The van der Waals surface area contributed by atoms with Crippen molar-refractivity contribution in [3.63, 3.8) is 0 Å². The number of Topliss-reactive ketones (excluding diaryl/α,β-unsaturated/α-hetero) is 1. The second-order valence-corrected chi connectivity index (χ2v) is 6.74. The number of carbonyl (C=O) groups excluding carboxylic acids is 1. The number of rotatable bonds is 4. The highest BCUT2D eigenvalue weighted by Crippen LogP contribution is 2.19. The zero-order valence-electron chi connectivity index (χ0n) is 12.4. The summed E-state index contributed by atoms with van der Waals surface area (Å²) >= 11 is 1.87. The summed E-state index contributed by atoms with van der Waals surface area (Å²) in [6, 6.07) is 13.0. The van der Waals surface area contributed by atoms with Gasteiger partial charge in [0.15, 0.2) is 5.78 Å². The molecule has 0 aromatic heterocycles. The number of nitrogens with one attached hydrogen (secondary N) is 1. The molecule has 0 aliphatic carbocycles. The first-order chi connectivity index (χ1) is 10.3. The van der Waals surface area contributed by atoms with E-state index in [0.717, 1.165) is 30.0 Å². The molecule has 3 heteroatoms. The predicted octanol–water partition coefficient (Wildman–Crippen LogP) is 3.22. The number of hydrogen-bond donors (Lipinski definition) is 1. The predicted molar refractivity (Wildman–Crippen MR) is 91.2 cm³/mol. The summed E-state index contributed by atoms with van der Waals surface area (Å²) in [6.07, 6.45) is 1.59. The van der Waals surface area contributed by atoms with E-state index in [2.05, 4.69) is 48.6 Å². The van der Waals surface area contributed by atoms with Gasteiger partial charge in [0.2, 0.25) is 0 Å². The van der Waals surface area contributed by atoms with Crippen molar-refractivity contribution in [2.75, 3.05) is 18.1 Å². The number of fused-ring (bicyclic) bond motifs is 1. The molecule has 1 saturated heterocycles. The molecule has 2 aromatic carbocycles. The standard InChI is InChI=1S/C18H21NOS/c1-2-13-3-5-16-10-14(4-6-15(16)9-13)11-18(20)17-12-21-8-7-19-17/h3-6,9-10,17,19H,2,7-8,11-12H2,1H3. The maximum atomic E-state index is 12.3. The Morgan fingerprint density at radius 2 is 1.90 bits per heavy atom. The average molecular weight is 299 g/mol. The molecule has 1 heterocycles. The van der Waals surface area contributed by atoms with Gasteiger partial charge in [0, 0.05) is 24.5 Å². The number of carbonyl (C=O) groups is 1. The van der Waals surface area contributed by atoms with Crippen LogP contribution < -0.4 is 5.32 Å². The minimum absolute atomic E-state index is 0.0296. The summed E-state index contributed by atoms with van der Waals surface area (Å²) in [5.41, 5.74) is 2.48.